The molecule has 2 aromatic rings. The van der Waals surface area contributed by atoms with Gasteiger partial charge in [0.05, 0.1) is 17.6 Å². The van der Waals surface area contributed by atoms with Crippen LogP contribution in [0.4, 0.5) is 0 Å². The van der Waals surface area contributed by atoms with Crippen molar-refractivity contribution in [3.05, 3.63) is 21.9 Å². The van der Waals surface area contributed by atoms with Crippen molar-refractivity contribution in [2.75, 3.05) is 20.8 Å². The third-order valence-electron chi connectivity index (χ3n) is 3.78. The summed E-state index contributed by atoms with van der Waals surface area (Å²) in [7, 11) is 3.47. The van der Waals surface area contributed by atoms with Crippen molar-refractivity contribution in [2.24, 2.45) is 0 Å². The van der Waals surface area contributed by atoms with Crippen molar-refractivity contribution >= 4 is 33.2 Å². The van der Waals surface area contributed by atoms with Crippen LogP contribution in [0.1, 0.15) is 16.9 Å². The van der Waals surface area contributed by atoms with Gasteiger partial charge in [0.2, 0.25) is 0 Å². The number of hydrogen-bond donors (Lipinski definition) is 0. The molecule has 6 heteroatoms. The maximum atomic E-state index is 6.20. The molecule has 0 saturated heterocycles. The normalized spacial score (nSPS) is 22.7. The van der Waals surface area contributed by atoms with E-state index in [4.69, 9.17) is 21.1 Å². The third kappa shape index (κ3) is 2.14. The number of halogens is 1. The van der Waals surface area contributed by atoms with Gasteiger partial charge in [-0.05, 0) is 18.4 Å². The Kier molecular flexibility index (Phi) is 3.47. The lowest BCUT2D eigenvalue weighted by molar-refractivity contribution is -0.0714. The van der Waals surface area contributed by atoms with E-state index < -0.39 is 0 Å². The number of rotatable bonds is 3. The third-order valence-corrected chi connectivity index (χ3v) is 5.20. The van der Waals surface area contributed by atoms with E-state index in [0.717, 1.165) is 29.5 Å². The predicted octanol–water partition coefficient (Wildman–Crippen LogP) is 2.87. The van der Waals surface area contributed by atoms with E-state index in [1.165, 1.54) is 16.8 Å². The van der Waals surface area contributed by atoms with Gasteiger partial charge in [0, 0.05) is 25.5 Å². The van der Waals surface area contributed by atoms with Crippen molar-refractivity contribution in [3.8, 4) is 0 Å². The summed E-state index contributed by atoms with van der Waals surface area (Å²) in [6, 6.07) is 0. The van der Waals surface area contributed by atoms with Crippen molar-refractivity contribution in [1.82, 2.24) is 9.97 Å². The molecule has 0 amide bonds. The Morgan fingerprint density at radius 3 is 3.00 bits per heavy atom. The highest BCUT2D eigenvalue weighted by Gasteiger charge is 2.37. The maximum Gasteiger partial charge on any atom is 0.141 e. The van der Waals surface area contributed by atoms with Crippen LogP contribution in [0.5, 0.6) is 0 Å². The zero-order chi connectivity index (χ0) is 13.5. The summed E-state index contributed by atoms with van der Waals surface area (Å²) in [5.74, 6) is 0. The topological polar surface area (TPSA) is 44.2 Å². The van der Waals surface area contributed by atoms with Crippen LogP contribution in [-0.4, -0.2) is 36.4 Å². The molecule has 0 aromatic carbocycles. The van der Waals surface area contributed by atoms with E-state index in [1.807, 2.05) is 0 Å². The lowest BCUT2D eigenvalue weighted by Crippen LogP contribution is -2.41. The molecule has 102 valence electrons. The van der Waals surface area contributed by atoms with Gasteiger partial charge in [0.1, 0.15) is 16.3 Å². The van der Waals surface area contributed by atoms with Crippen LogP contribution < -0.4 is 0 Å². The van der Waals surface area contributed by atoms with E-state index in [0.29, 0.717) is 11.8 Å². The molecule has 0 N–H and O–H groups in total. The van der Waals surface area contributed by atoms with Crippen LogP contribution in [-0.2, 0) is 22.3 Å². The van der Waals surface area contributed by atoms with Crippen LogP contribution >= 0.6 is 22.9 Å². The highest BCUT2D eigenvalue weighted by Crippen LogP contribution is 2.41. The van der Waals surface area contributed by atoms with Crippen LogP contribution in [0.3, 0.4) is 0 Å². The molecule has 2 heterocycles. The molecule has 0 bridgehead atoms. The molecule has 0 fully saturated rings. The molecule has 19 heavy (non-hydrogen) atoms. The zero-order valence-electron chi connectivity index (χ0n) is 10.9. The first kappa shape index (κ1) is 13.2. The van der Waals surface area contributed by atoms with Gasteiger partial charge in [-0.15, -0.1) is 11.3 Å². The lowest BCUT2D eigenvalue weighted by atomic mass is 9.84. The van der Waals surface area contributed by atoms with Gasteiger partial charge in [-0.25, -0.2) is 9.97 Å². The minimum atomic E-state index is -0.220. The number of aryl methyl sites for hydroxylation is 1. The fourth-order valence-corrected chi connectivity index (χ4v) is 4.38. The number of thiophene rings is 1. The lowest BCUT2D eigenvalue weighted by Gasteiger charge is -2.35. The number of aromatic nitrogens is 2. The van der Waals surface area contributed by atoms with Gasteiger partial charge in [-0.1, -0.05) is 11.6 Å². The molecular weight excluding hydrogens is 284 g/mol. The molecule has 1 aliphatic rings. The highest BCUT2D eigenvalue weighted by molar-refractivity contribution is 7.19. The van der Waals surface area contributed by atoms with E-state index in [1.54, 1.807) is 25.6 Å². The van der Waals surface area contributed by atoms with Crippen molar-refractivity contribution in [2.45, 2.75) is 24.9 Å². The summed E-state index contributed by atoms with van der Waals surface area (Å²) in [6.45, 7) is 0.608. The van der Waals surface area contributed by atoms with Gasteiger partial charge in [0.15, 0.2) is 0 Å². The van der Waals surface area contributed by atoms with Gasteiger partial charge < -0.3 is 9.47 Å². The first-order chi connectivity index (χ1) is 9.19. The number of nitrogens with zero attached hydrogens (tertiary/aromatic N) is 2. The zero-order valence-corrected chi connectivity index (χ0v) is 12.5. The average Bonchev–Trinajstić information content (AvgIpc) is 2.77. The molecular formula is C13H15ClN2O2S. The summed E-state index contributed by atoms with van der Waals surface area (Å²) in [5.41, 5.74) is 1.07. The molecule has 0 aliphatic heterocycles. The van der Waals surface area contributed by atoms with Gasteiger partial charge in [0.25, 0.3) is 0 Å². The van der Waals surface area contributed by atoms with Crippen LogP contribution in [0.2, 0.25) is 5.15 Å². The Bertz CT molecular complexity index is 616. The fourth-order valence-electron chi connectivity index (χ4n) is 2.76. The monoisotopic (exact) mass is 298 g/mol. The summed E-state index contributed by atoms with van der Waals surface area (Å²) in [4.78, 5) is 10.7. The van der Waals surface area contributed by atoms with E-state index in [2.05, 4.69) is 9.97 Å². The van der Waals surface area contributed by atoms with Crippen molar-refractivity contribution < 1.29 is 9.47 Å². The summed E-state index contributed by atoms with van der Waals surface area (Å²) >= 11 is 7.89. The minimum absolute atomic E-state index is 0.220. The summed E-state index contributed by atoms with van der Waals surface area (Å²) in [6.07, 6.45) is 4.23. The van der Waals surface area contributed by atoms with Gasteiger partial charge >= 0.3 is 0 Å². The number of methoxy groups -OCH3 is 2. The predicted molar refractivity (Wildman–Crippen MR) is 76.1 cm³/mol. The SMILES string of the molecule is COCC1(OC)CCc2c(sc3ncnc(Cl)c23)C1. The van der Waals surface area contributed by atoms with Crippen LogP contribution in [0.25, 0.3) is 10.2 Å². The fraction of sp³-hybridized carbons (Fsp3) is 0.538. The van der Waals surface area contributed by atoms with E-state index in [9.17, 15) is 0 Å². The van der Waals surface area contributed by atoms with Gasteiger partial charge in [-0.3, -0.25) is 0 Å². The smallest absolute Gasteiger partial charge is 0.141 e. The van der Waals surface area contributed by atoms with E-state index in [-0.39, 0.29) is 5.60 Å². The first-order valence-electron chi connectivity index (χ1n) is 6.14. The maximum absolute atomic E-state index is 6.20. The molecule has 3 rings (SSSR count). The minimum Gasteiger partial charge on any atom is -0.382 e. The average molecular weight is 299 g/mol. The van der Waals surface area contributed by atoms with E-state index >= 15 is 0 Å². The number of fused-ring (bicyclic) bond motifs is 3. The molecule has 0 radical (unpaired) electrons. The number of ether oxygens (including phenoxy) is 2. The summed E-state index contributed by atoms with van der Waals surface area (Å²) < 4.78 is 11.0. The van der Waals surface area contributed by atoms with Crippen molar-refractivity contribution in [3.63, 3.8) is 0 Å². The van der Waals surface area contributed by atoms with Crippen molar-refractivity contribution in [1.29, 1.82) is 0 Å². The molecule has 0 saturated carbocycles. The molecule has 2 aromatic heterocycles. The Balaban J connectivity index is 2.07. The standard InChI is InChI=1S/C13H15ClN2O2S/c1-17-6-13(18-2)4-3-8-9(5-13)19-12-10(8)11(14)15-7-16-12/h7H,3-6H2,1-2H3. The Morgan fingerprint density at radius 2 is 2.26 bits per heavy atom. The molecule has 1 unspecified atom stereocenters. The number of hydrogen-bond acceptors (Lipinski definition) is 5. The highest BCUT2D eigenvalue weighted by atomic mass is 35.5. The molecule has 1 atom stereocenters. The second-order valence-corrected chi connectivity index (χ2v) is 6.29. The second kappa shape index (κ2) is 4.98. The molecule has 1 aliphatic carbocycles. The van der Waals surface area contributed by atoms with Crippen LogP contribution in [0.15, 0.2) is 6.33 Å². The quantitative estimate of drug-likeness (QED) is 0.817. The Labute approximate surface area is 120 Å². The summed E-state index contributed by atoms with van der Waals surface area (Å²) in [5, 5.41) is 1.57. The first-order valence-corrected chi connectivity index (χ1v) is 7.33. The largest absolute Gasteiger partial charge is 0.382 e. The molecule has 4 nitrogen and oxygen atoms in total. The Morgan fingerprint density at radius 1 is 1.42 bits per heavy atom. The second-order valence-electron chi connectivity index (χ2n) is 4.85. The van der Waals surface area contributed by atoms with Crippen LogP contribution in [0, 0.1) is 0 Å². The Hall–Kier alpha value is -0.750. The van der Waals surface area contributed by atoms with Gasteiger partial charge in [-0.2, -0.15) is 0 Å². The molecule has 0 spiro atoms.